The first-order chi connectivity index (χ1) is 10.1. The third-order valence-electron chi connectivity index (χ3n) is 2.91. The maximum absolute atomic E-state index is 12.1. The van der Waals surface area contributed by atoms with E-state index in [1.54, 1.807) is 26.3 Å². The van der Waals surface area contributed by atoms with Crippen LogP contribution in [0.3, 0.4) is 0 Å². The molecular weight excluding hydrogens is 292 g/mol. The van der Waals surface area contributed by atoms with Crippen LogP contribution in [0.15, 0.2) is 30.3 Å². The van der Waals surface area contributed by atoms with Gasteiger partial charge in [-0.3, -0.25) is 9.59 Å². The number of nitrogens with zero attached hydrogens (tertiary/aromatic N) is 1. The third-order valence-corrected chi connectivity index (χ3v) is 3.35. The number of amides is 2. The first-order valence-corrected chi connectivity index (χ1v) is 7.19. The number of carbonyl (C=O) groups is 2. The lowest BCUT2D eigenvalue weighted by molar-refractivity contribution is -0.134. The predicted molar refractivity (Wildman–Crippen MR) is 82.2 cm³/mol. The van der Waals surface area contributed by atoms with E-state index in [0.29, 0.717) is 13.2 Å². The number of likely N-dealkylation sites (N-methyl/N-ethyl adjacent to an activating group) is 1. The fourth-order valence-corrected chi connectivity index (χ4v) is 2.06. The number of hydrogen-bond acceptors (Lipinski definition) is 3. The van der Waals surface area contributed by atoms with Crippen molar-refractivity contribution in [3.63, 3.8) is 0 Å². The summed E-state index contributed by atoms with van der Waals surface area (Å²) in [7, 11) is 3.17. The van der Waals surface area contributed by atoms with Gasteiger partial charge in [0.15, 0.2) is 0 Å². The van der Waals surface area contributed by atoms with Crippen LogP contribution < -0.4 is 5.32 Å². The summed E-state index contributed by atoms with van der Waals surface area (Å²) >= 11 is 6.14. The van der Waals surface area contributed by atoms with Gasteiger partial charge in [-0.2, -0.15) is 0 Å². The highest BCUT2D eigenvalue weighted by atomic mass is 35.5. The average molecular weight is 313 g/mol. The Morgan fingerprint density at radius 2 is 2.00 bits per heavy atom. The summed E-state index contributed by atoms with van der Waals surface area (Å²) in [6.07, 6.45) is 0.738. The Labute approximate surface area is 130 Å². The lowest BCUT2D eigenvalue weighted by atomic mass is 10.1. The van der Waals surface area contributed by atoms with Gasteiger partial charge in [0.1, 0.15) is 5.38 Å². The number of methoxy groups -OCH3 is 1. The average Bonchev–Trinajstić information content (AvgIpc) is 2.51. The third kappa shape index (κ3) is 6.14. The smallest absolute Gasteiger partial charge is 0.245 e. The van der Waals surface area contributed by atoms with Gasteiger partial charge in [-0.15, -0.1) is 11.6 Å². The Balaban J connectivity index is 2.42. The van der Waals surface area contributed by atoms with E-state index in [9.17, 15) is 9.59 Å². The van der Waals surface area contributed by atoms with Gasteiger partial charge >= 0.3 is 0 Å². The number of carbonyl (C=O) groups excluding carboxylic acids is 2. The van der Waals surface area contributed by atoms with Crippen molar-refractivity contribution in [2.24, 2.45) is 0 Å². The number of rotatable bonds is 8. The summed E-state index contributed by atoms with van der Waals surface area (Å²) in [6.45, 7) is 1.10. The van der Waals surface area contributed by atoms with Crippen molar-refractivity contribution in [1.82, 2.24) is 10.2 Å². The molecule has 1 unspecified atom stereocenters. The van der Waals surface area contributed by atoms with Gasteiger partial charge in [-0.1, -0.05) is 30.3 Å². The number of alkyl halides is 1. The zero-order chi connectivity index (χ0) is 15.7. The molecule has 0 aliphatic heterocycles. The number of hydrogen-bond donors (Lipinski definition) is 1. The first kappa shape index (κ1) is 17.5. The zero-order valence-corrected chi connectivity index (χ0v) is 13.1. The number of halogens is 1. The molecule has 21 heavy (non-hydrogen) atoms. The molecule has 0 saturated carbocycles. The van der Waals surface area contributed by atoms with Crippen molar-refractivity contribution in [2.45, 2.75) is 11.8 Å². The van der Waals surface area contributed by atoms with Crippen molar-refractivity contribution in [3.05, 3.63) is 35.9 Å². The number of benzene rings is 1. The zero-order valence-electron chi connectivity index (χ0n) is 12.3. The van der Waals surface area contributed by atoms with E-state index in [1.165, 1.54) is 4.90 Å². The second kappa shape index (κ2) is 9.37. The van der Waals surface area contributed by atoms with Gasteiger partial charge in [0.05, 0.1) is 6.54 Å². The Morgan fingerprint density at radius 1 is 1.33 bits per heavy atom. The quantitative estimate of drug-likeness (QED) is 0.585. The predicted octanol–water partition coefficient (Wildman–Crippen LogP) is 1.58. The highest BCUT2D eigenvalue weighted by Gasteiger charge is 2.22. The maximum Gasteiger partial charge on any atom is 0.245 e. The topological polar surface area (TPSA) is 58.6 Å². The van der Waals surface area contributed by atoms with Crippen molar-refractivity contribution in [3.8, 4) is 0 Å². The van der Waals surface area contributed by atoms with Crippen LogP contribution in [0, 0.1) is 0 Å². The molecule has 0 saturated heterocycles. The van der Waals surface area contributed by atoms with Crippen LogP contribution in [0.4, 0.5) is 0 Å². The monoisotopic (exact) mass is 312 g/mol. The summed E-state index contributed by atoms with van der Waals surface area (Å²) in [5.74, 6) is -0.506. The maximum atomic E-state index is 12.1. The van der Waals surface area contributed by atoms with Gasteiger partial charge in [-0.25, -0.2) is 0 Å². The van der Waals surface area contributed by atoms with Crippen LogP contribution in [-0.4, -0.2) is 50.6 Å². The Bertz CT molecular complexity index is 453. The standard InChI is InChI=1S/C15H21ClN2O3/c1-18(11-13(19)17-9-6-10-21-2)15(20)14(16)12-7-4-3-5-8-12/h3-5,7-8,14H,6,9-11H2,1-2H3,(H,17,19). The lowest BCUT2D eigenvalue weighted by Gasteiger charge is -2.20. The minimum Gasteiger partial charge on any atom is -0.385 e. The highest BCUT2D eigenvalue weighted by Crippen LogP contribution is 2.21. The number of ether oxygens (including phenoxy) is 1. The molecule has 0 aromatic heterocycles. The molecule has 1 atom stereocenters. The molecule has 0 radical (unpaired) electrons. The molecule has 116 valence electrons. The minimum absolute atomic E-state index is 0.0120. The molecule has 5 nitrogen and oxygen atoms in total. The van der Waals surface area contributed by atoms with Gasteiger partial charge in [-0.05, 0) is 12.0 Å². The normalized spacial score (nSPS) is 11.8. The van der Waals surface area contributed by atoms with Crippen LogP contribution in [0.5, 0.6) is 0 Å². The lowest BCUT2D eigenvalue weighted by Crippen LogP contribution is -2.40. The van der Waals surface area contributed by atoms with Crippen molar-refractivity contribution in [2.75, 3.05) is 33.9 Å². The van der Waals surface area contributed by atoms with Gasteiger partial charge < -0.3 is 15.0 Å². The molecule has 0 aliphatic rings. The SMILES string of the molecule is COCCCNC(=O)CN(C)C(=O)C(Cl)c1ccccc1. The van der Waals surface area contributed by atoms with Crippen LogP contribution >= 0.6 is 11.6 Å². The Morgan fingerprint density at radius 3 is 2.62 bits per heavy atom. The molecule has 0 spiro atoms. The Kier molecular flexibility index (Phi) is 7.79. The summed E-state index contributed by atoms with van der Waals surface area (Å²) in [5, 5.41) is 1.95. The van der Waals surface area contributed by atoms with E-state index in [2.05, 4.69) is 5.32 Å². The highest BCUT2D eigenvalue weighted by molar-refractivity contribution is 6.30. The summed E-state index contributed by atoms with van der Waals surface area (Å²) in [5.41, 5.74) is 0.719. The van der Waals surface area contributed by atoms with Crippen molar-refractivity contribution in [1.29, 1.82) is 0 Å². The molecule has 0 heterocycles. The summed E-state index contributed by atoms with van der Waals surface area (Å²) in [6, 6.07) is 9.07. The molecule has 2 amide bonds. The van der Waals surface area contributed by atoms with Crippen LogP contribution in [0.1, 0.15) is 17.4 Å². The fraction of sp³-hybridized carbons (Fsp3) is 0.467. The van der Waals surface area contributed by atoms with E-state index >= 15 is 0 Å². The molecule has 1 aromatic carbocycles. The second-order valence-corrected chi connectivity index (χ2v) is 5.10. The molecule has 1 aromatic rings. The molecule has 1 rings (SSSR count). The van der Waals surface area contributed by atoms with Crippen molar-refractivity contribution >= 4 is 23.4 Å². The van der Waals surface area contributed by atoms with E-state index < -0.39 is 5.38 Å². The first-order valence-electron chi connectivity index (χ1n) is 6.76. The minimum atomic E-state index is -0.780. The van der Waals surface area contributed by atoms with Crippen LogP contribution in [-0.2, 0) is 14.3 Å². The van der Waals surface area contributed by atoms with E-state index in [0.717, 1.165) is 12.0 Å². The molecule has 0 aliphatic carbocycles. The molecule has 6 heteroatoms. The molecule has 0 bridgehead atoms. The van der Waals surface area contributed by atoms with E-state index in [1.807, 2.05) is 18.2 Å². The van der Waals surface area contributed by atoms with E-state index in [4.69, 9.17) is 16.3 Å². The Hall–Kier alpha value is -1.59. The van der Waals surface area contributed by atoms with E-state index in [-0.39, 0.29) is 18.4 Å². The van der Waals surface area contributed by atoms with Gasteiger partial charge in [0.2, 0.25) is 11.8 Å². The fourth-order valence-electron chi connectivity index (χ4n) is 1.75. The molecule has 0 fully saturated rings. The number of nitrogens with one attached hydrogen (secondary N) is 1. The second-order valence-electron chi connectivity index (χ2n) is 4.66. The molecule has 1 N–H and O–H groups in total. The summed E-state index contributed by atoms with van der Waals surface area (Å²) in [4.78, 5) is 25.2. The van der Waals surface area contributed by atoms with Crippen LogP contribution in [0.2, 0.25) is 0 Å². The van der Waals surface area contributed by atoms with Gasteiger partial charge in [0.25, 0.3) is 0 Å². The largest absolute Gasteiger partial charge is 0.385 e. The van der Waals surface area contributed by atoms with Gasteiger partial charge in [0, 0.05) is 27.3 Å². The van der Waals surface area contributed by atoms with Crippen molar-refractivity contribution < 1.29 is 14.3 Å². The van der Waals surface area contributed by atoms with Crippen LogP contribution in [0.25, 0.3) is 0 Å². The molecular formula is C15H21ClN2O3. The summed E-state index contributed by atoms with van der Waals surface area (Å²) < 4.78 is 4.89.